The normalized spacial score (nSPS) is 17.3. The van der Waals surface area contributed by atoms with E-state index in [9.17, 15) is 9.59 Å². The van der Waals surface area contributed by atoms with Gasteiger partial charge in [-0.25, -0.2) is 4.79 Å². The lowest BCUT2D eigenvalue weighted by molar-refractivity contribution is -0.142. The van der Waals surface area contributed by atoms with E-state index in [1.54, 1.807) is 0 Å². The van der Waals surface area contributed by atoms with Gasteiger partial charge in [0.1, 0.15) is 6.61 Å². The molecule has 6 heteroatoms. The van der Waals surface area contributed by atoms with Crippen LogP contribution >= 0.6 is 11.8 Å². The monoisotopic (exact) mass is 451 g/mol. The van der Waals surface area contributed by atoms with Crippen LogP contribution in [-0.4, -0.2) is 29.7 Å². The van der Waals surface area contributed by atoms with Crippen LogP contribution in [0.1, 0.15) is 66.4 Å². The zero-order chi connectivity index (χ0) is 23.6. The Morgan fingerprint density at radius 3 is 2.35 bits per heavy atom. The first-order chi connectivity index (χ1) is 14.8. The molecule has 2 rings (SSSR count). The highest BCUT2D eigenvalue weighted by molar-refractivity contribution is 8.00. The Bertz CT molecular complexity index is 646. The van der Waals surface area contributed by atoms with E-state index in [1.807, 2.05) is 62.9 Å². The summed E-state index contributed by atoms with van der Waals surface area (Å²) >= 11 is 1.91. The Morgan fingerprint density at radius 2 is 1.81 bits per heavy atom. The minimum absolute atomic E-state index is 0.0670. The standard InChI is InChI=1S/C15H26O2S.C8H9NO2.C2H6/c1-5-17-15(16)8-9-18-14-10-12(4)6-7-13(14)11(2)3;9-8(10)11-6-7-4-2-1-3-5-7;1-2/h10-11,13-14H,5-9H2,1-4H3;1-5H,6H2,(H2,9,10);1-2H3. The maximum Gasteiger partial charge on any atom is 0.404 e. The zero-order valence-electron chi connectivity index (χ0n) is 20.1. The van der Waals surface area contributed by atoms with Gasteiger partial charge in [-0.1, -0.05) is 69.7 Å². The molecule has 1 aliphatic rings. The average molecular weight is 452 g/mol. The number of amides is 1. The summed E-state index contributed by atoms with van der Waals surface area (Å²) in [5.74, 6) is 2.27. The van der Waals surface area contributed by atoms with E-state index in [0.29, 0.717) is 18.3 Å². The van der Waals surface area contributed by atoms with E-state index >= 15 is 0 Å². The Kier molecular flexibility index (Phi) is 16.6. The van der Waals surface area contributed by atoms with Gasteiger partial charge >= 0.3 is 12.1 Å². The summed E-state index contributed by atoms with van der Waals surface area (Å²) in [5.41, 5.74) is 7.22. The number of carbonyl (C=O) groups excluding carboxylic acids is 2. The van der Waals surface area contributed by atoms with Gasteiger partial charge in [0.15, 0.2) is 0 Å². The molecule has 0 aromatic heterocycles. The molecule has 5 nitrogen and oxygen atoms in total. The molecule has 2 N–H and O–H groups in total. The van der Waals surface area contributed by atoms with E-state index in [0.717, 1.165) is 23.2 Å². The molecular weight excluding hydrogens is 410 g/mol. The van der Waals surface area contributed by atoms with E-state index in [1.165, 1.54) is 18.4 Å². The number of hydrogen-bond acceptors (Lipinski definition) is 5. The molecule has 0 spiro atoms. The average Bonchev–Trinajstić information content (AvgIpc) is 2.75. The van der Waals surface area contributed by atoms with E-state index in [2.05, 4.69) is 31.6 Å². The maximum absolute atomic E-state index is 11.3. The number of hydrogen-bond donors (Lipinski definition) is 1. The molecule has 1 aliphatic carbocycles. The van der Waals surface area contributed by atoms with Gasteiger partial charge in [0.25, 0.3) is 0 Å². The van der Waals surface area contributed by atoms with Crippen molar-refractivity contribution in [2.45, 2.75) is 72.7 Å². The number of thioether (sulfide) groups is 1. The molecule has 1 aromatic carbocycles. The van der Waals surface area contributed by atoms with Crippen LogP contribution in [0.3, 0.4) is 0 Å². The molecule has 31 heavy (non-hydrogen) atoms. The second kappa shape index (κ2) is 17.7. The third kappa shape index (κ3) is 13.9. The number of allylic oxidation sites excluding steroid dienone is 1. The largest absolute Gasteiger partial charge is 0.466 e. The third-order valence-corrected chi connectivity index (χ3v) is 6.06. The fourth-order valence-electron chi connectivity index (χ4n) is 3.17. The van der Waals surface area contributed by atoms with Gasteiger partial charge in [-0.3, -0.25) is 4.79 Å². The number of primary amides is 1. The van der Waals surface area contributed by atoms with Crippen molar-refractivity contribution in [1.29, 1.82) is 0 Å². The summed E-state index contributed by atoms with van der Waals surface area (Å²) in [5, 5.41) is 0.577. The fourth-order valence-corrected chi connectivity index (χ4v) is 4.75. The number of rotatable bonds is 8. The molecule has 0 bridgehead atoms. The fraction of sp³-hybridized carbons (Fsp3) is 0.600. The summed E-state index contributed by atoms with van der Waals surface area (Å²) in [6.07, 6.45) is 4.72. The van der Waals surface area contributed by atoms with Crippen molar-refractivity contribution in [2.75, 3.05) is 12.4 Å². The molecule has 2 atom stereocenters. The lowest BCUT2D eigenvalue weighted by atomic mass is 9.82. The van der Waals surface area contributed by atoms with Crippen molar-refractivity contribution in [3.63, 3.8) is 0 Å². The van der Waals surface area contributed by atoms with Gasteiger partial charge in [0.05, 0.1) is 13.0 Å². The molecule has 176 valence electrons. The highest BCUT2D eigenvalue weighted by Gasteiger charge is 2.26. The Morgan fingerprint density at radius 1 is 1.16 bits per heavy atom. The quantitative estimate of drug-likeness (QED) is 0.367. The van der Waals surface area contributed by atoms with Crippen molar-refractivity contribution in [3.05, 3.63) is 47.5 Å². The number of esters is 1. The molecule has 0 fully saturated rings. The van der Waals surface area contributed by atoms with Gasteiger partial charge in [0, 0.05) is 11.0 Å². The summed E-state index contributed by atoms with van der Waals surface area (Å²) in [7, 11) is 0. The van der Waals surface area contributed by atoms with Gasteiger partial charge in [0.2, 0.25) is 0 Å². The van der Waals surface area contributed by atoms with Crippen LogP contribution < -0.4 is 5.73 Å². The summed E-state index contributed by atoms with van der Waals surface area (Å²) in [6.45, 7) is 13.4. The minimum Gasteiger partial charge on any atom is -0.466 e. The van der Waals surface area contributed by atoms with Crippen molar-refractivity contribution >= 4 is 23.8 Å². The maximum atomic E-state index is 11.3. The van der Waals surface area contributed by atoms with Gasteiger partial charge in [-0.2, -0.15) is 11.8 Å². The van der Waals surface area contributed by atoms with Crippen molar-refractivity contribution in [1.82, 2.24) is 0 Å². The highest BCUT2D eigenvalue weighted by Crippen LogP contribution is 2.36. The Labute approximate surface area is 193 Å². The first-order valence-corrected chi connectivity index (χ1v) is 12.3. The summed E-state index contributed by atoms with van der Waals surface area (Å²) in [4.78, 5) is 21.5. The molecule has 0 saturated heterocycles. The second-order valence-electron chi connectivity index (χ2n) is 7.44. The van der Waals surface area contributed by atoms with Crippen LogP contribution in [0, 0.1) is 11.8 Å². The molecular formula is C25H41NO4S. The summed E-state index contributed by atoms with van der Waals surface area (Å²) in [6, 6.07) is 9.37. The van der Waals surface area contributed by atoms with E-state index in [4.69, 9.17) is 10.5 Å². The lowest BCUT2D eigenvalue weighted by Crippen LogP contribution is -2.25. The molecule has 0 radical (unpaired) electrons. The predicted octanol–water partition coefficient (Wildman–Crippen LogP) is 6.36. The third-order valence-electron chi connectivity index (χ3n) is 4.74. The predicted molar refractivity (Wildman–Crippen MR) is 131 cm³/mol. The van der Waals surface area contributed by atoms with Crippen LogP contribution in [0.15, 0.2) is 42.0 Å². The van der Waals surface area contributed by atoms with Gasteiger partial charge < -0.3 is 15.2 Å². The zero-order valence-corrected chi connectivity index (χ0v) is 20.9. The molecule has 0 heterocycles. The molecule has 1 amide bonds. The lowest BCUT2D eigenvalue weighted by Gasteiger charge is -2.32. The molecule has 2 unspecified atom stereocenters. The topological polar surface area (TPSA) is 78.6 Å². The van der Waals surface area contributed by atoms with E-state index < -0.39 is 6.09 Å². The summed E-state index contributed by atoms with van der Waals surface area (Å²) < 4.78 is 9.53. The van der Waals surface area contributed by atoms with Crippen molar-refractivity contribution in [3.8, 4) is 0 Å². The van der Waals surface area contributed by atoms with Crippen LogP contribution in [0.4, 0.5) is 4.79 Å². The Hall–Kier alpha value is -1.95. The smallest absolute Gasteiger partial charge is 0.404 e. The minimum atomic E-state index is -0.742. The van der Waals surface area contributed by atoms with Crippen molar-refractivity contribution < 1.29 is 19.1 Å². The number of benzene rings is 1. The first-order valence-electron chi connectivity index (χ1n) is 11.2. The van der Waals surface area contributed by atoms with Crippen molar-refractivity contribution in [2.24, 2.45) is 17.6 Å². The SMILES string of the molecule is CC.CCOC(=O)CCSC1C=C(C)CCC1C(C)C.NC(=O)OCc1ccccc1. The molecule has 0 aliphatic heterocycles. The van der Waals surface area contributed by atoms with Crippen LogP contribution in [-0.2, 0) is 20.9 Å². The van der Waals surface area contributed by atoms with Gasteiger partial charge in [-0.05, 0) is 44.1 Å². The Balaban J connectivity index is 0.000000591. The van der Waals surface area contributed by atoms with Crippen LogP contribution in [0.5, 0.6) is 0 Å². The first kappa shape index (κ1) is 29.1. The van der Waals surface area contributed by atoms with Crippen LogP contribution in [0.2, 0.25) is 0 Å². The van der Waals surface area contributed by atoms with Gasteiger partial charge in [-0.15, -0.1) is 0 Å². The van der Waals surface area contributed by atoms with E-state index in [-0.39, 0.29) is 12.6 Å². The number of ether oxygens (including phenoxy) is 2. The second-order valence-corrected chi connectivity index (χ2v) is 8.73. The molecule has 0 saturated carbocycles. The highest BCUT2D eigenvalue weighted by atomic mass is 32.2. The number of carbonyl (C=O) groups is 2. The molecule has 1 aromatic rings. The number of nitrogens with two attached hydrogens (primary N) is 1. The van der Waals surface area contributed by atoms with Crippen LogP contribution in [0.25, 0.3) is 0 Å².